The van der Waals surface area contributed by atoms with E-state index in [1.54, 1.807) is 0 Å². The largest absolute Gasteiger partial charge is 0.354 e. The van der Waals surface area contributed by atoms with Crippen LogP contribution < -0.4 is 11.1 Å². The third-order valence-corrected chi connectivity index (χ3v) is 3.38. The van der Waals surface area contributed by atoms with Crippen LogP contribution in [0.5, 0.6) is 0 Å². The second-order valence-corrected chi connectivity index (χ2v) is 4.72. The average molecular weight is 251 g/mol. The second-order valence-electron chi connectivity index (χ2n) is 4.72. The zero-order valence-electron chi connectivity index (χ0n) is 10.1. The van der Waals surface area contributed by atoms with Gasteiger partial charge in [-0.25, -0.2) is 0 Å². The summed E-state index contributed by atoms with van der Waals surface area (Å²) >= 11 is 0. The molecule has 0 radical (unpaired) electrons. The highest BCUT2D eigenvalue weighted by molar-refractivity contribution is 6.12. The molecule has 0 aromatic carbocycles. The Labute approximate surface area is 105 Å². The van der Waals surface area contributed by atoms with E-state index in [1.807, 2.05) is 0 Å². The summed E-state index contributed by atoms with van der Waals surface area (Å²) < 4.78 is 0. The highest BCUT2D eigenvalue weighted by atomic mass is 16.2. The molecule has 98 valence electrons. The van der Waals surface area contributed by atoms with Gasteiger partial charge in [0.25, 0.3) is 11.8 Å². The van der Waals surface area contributed by atoms with Gasteiger partial charge in [0.15, 0.2) is 0 Å². The molecule has 2 atom stereocenters. The van der Waals surface area contributed by atoms with Crippen LogP contribution in [0.15, 0.2) is 12.2 Å². The van der Waals surface area contributed by atoms with Gasteiger partial charge in [-0.15, -0.1) is 0 Å². The first kappa shape index (κ1) is 12.8. The Morgan fingerprint density at radius 3 is 2.56 bits per heavy atom. The predicted octanol–water partition coefficient (Wildman–Crippen LogP) is -0.845. The first-order valence-corrected chi connectivity index (χ1v) is 6.15. The van der Waals surface area contributed by atoms with Gasteiger partial charge in [0.05, 0.1) is 0 Å². The first-order chi connectivity index (χ1) is 8.58. The van der Waals surface area contributed by atoms with Crippen molar-refractivity contribution in [3.63, 3.8) is 0 Å². The van der Waals surface area contributed by atoms with Crippen molar-refractivity contribution in [1.82, 2.24) is 10.2 Å². The molecule has 1 fully saturated rings. The summed E-state index contributed by atoms with van der Waals surface area (Å²) in [7, 11) is 0. The lowest BCUT2D eigenvalue weighted by Gasteiger charge is -2.15. The summed E-state index contributed by atoms with van der Waals surface area (Å²) in [5.41, 5.74) is 5.74. The topological polar surface area (TPSA) is 92.5 Å². The number of carbonyl (C=O) groups excluding carboxylic acids is 3. The van der Waals surface area contributed by atoms with E-state index in [2.05, 4.69) is 5.32 Å². The van der Waals surface area contributed by atoms with Crippen LogP contribution in [0.1, 0.15) is 19.3 Å². The lowest BCUT2D eigenvalue weighted by atomic mass is 10.1. The molecule has 1 heterocycles. The molecule has 0 unspecified atom stereocenters. The van der Waals surface area contributed by atoms with Gasteiger partial charge in [-0.2, -0.15) is 0 Å². The van der Waals surface area contributed by atoms with Crippen molar-refractivity contribution in [3.05, 3.63) is 12.2 Å². The van der Waals surface area contributed by atoms with E-state index in [1.165, 1.54) is 12.2 Å². The molecule has 1 saturated carbocycles. The van der Waals surface area contributed by atoms with Crippen molar-refractivity contribution in [3.8, 4) is 0 Å². The molecule has 6 nitrogen and oxygen atoms in total. The molecule has 3 N–H and O–H groups in total. The molecular formula is C12H17N3O3. The number of nitrogens with zero attached hydrogens (tertiary/aromatic N) is 1. The third-order valence-electron chi connectivity index (χ3n) is 3.38. The van der Waals surface area contributed by atoms with Crippen LogP contribution in [0.2, 0.25) is 0 Å². The van der Waals surface area contributed by atoms with Crippen LogP contribution in [0, 0.1) is 5.92 Å². The minimum Gasteiger partial charge on any atom is -0.354 e. The lowest BCUT2D eigenvalue weighted by molar-refractivity contribution is -0.137. The van der Waals surface area contributed by atoms with E-state index < -0.39 is 0 Å². The molecule has 2 aliphatic rings. The van der Waals surface area contributed by atoms with Gasteiger partial charge in [0.1, 0.15) is 0 Å². The number of nitrogens with one attached hydrogen (secondary N) is 1. The lowest BCUT2D eigenvalue weighted by Crippen LogP contribution is -2.39. The summed E-state index contributed by atoms with van der Waals surface area (Å²) in [6, 6.07) is 0.117. The fraction of sp³-hybridized carbons (Fsp3) is 0.583. The van der Waals surface area contributed by atoms with Gasteiger partial charge in [0, 0.05) is 37.2 Å². The van der Waals surface area contributed by atoms with Gasteiger partial charge < -0.3 is 11.1 Å². The SMILES string of the molecule is N[C@@H]1CC[C@@H](C(=O)NCCN2C(=O)C=CC2=O)C1. The van der Waals surface area contributed by atoms with Crippen molar-refractivity contribution in [2.45, 2.75) is 25.3 Å². The number of hydrogen-bond donors (Lipinski definition) is 2. The van der Waals surface area contributed by atoms with E-state index in [0.717, 1.165) is 24.2 Å². The molecule has 0 aromatic rings. The summed E-state index contributed by atoms with van der Waals surface area (Å²) in [6.45, 7) is 0.513. The zero-order chi connectivity index (χ0) is 13.1. The number of nitrogens with two attached hydrogens (primary N) is 1. The Morgan fingerprint density at radius 1 is 1.33 bits per heavy atom. The van der Waals surface area contributed by atoms with E-state index >= 15 is 0 Å². The molecule has 1 aliphatic carbocycles. The van der Waals surface area contributed by atoms with Crippen molar-refractivity contribution in [2.24, 2.45) is 11.7 Å². The summed E-state index contributed by atoms with van der Waals surface area (Å²) in [4.78, 5) is 35.4. The molecule has 0 saturated heterocycles. The van der Waals surface area contributed by atoms with Crippen LogP contribution >= 0.6 is 0 Å². The van der Waals surface area contributed by atoms with E-state index in [9.17, 15) is 14.4 Å². The van der Waals surface area contributed by atoms with Crippen molar-refractivity contribution >= 4 is 17.7 Å². The maximum atomic E-state index is 11.8. The Hall–Kier alpha value is -1.69. The summed E-state index contributed by atoms with van der Waals surface area (Å²) in [6.07, 6.45) is 4.89. The van der Waals surface area contributed by atoms with Gasteiger partial charge in [0.2, 0.25) is 5.91 Å². The average Bonchev–Trinajstić information content (AvgIpc) is 2.89. The molecule has 0 aromatic heterocycles. The van der Waals surface area contributed by atoms with E-state index in [-0.39, 0.29) is 36.2 Å². The second kappa shape index (κ2) is 5.30. The number of hydrogen-bond acceptors (Lipinski definition) is 4. The number of imide groups is 1. The molecule has 2 rings (SSSR count). The zero-order valence-corrected chi connectivity index (χ0v) is 10.1. The van der Waals surface area contributed by atoms with Crippen molar-refractivity contribution in [2.75, 3.05) is 13.1 Å². The van der Waals surface area contributed by atoms with Gasteiger partial charge in [-0.3, -0.25) is 19.3 Å². The van der Waals surface area contributed by atoms with Crippen LogP contribution in [0.3, 0.4) is 0 Å². The Bertz CT molecular complexity index is 387. The Morgan fingerprint density at radius 2 is 2.00 bits per heavy atom. The quantitative estimate of drug-likeness (QED) is 0.637. The minimum absolute atomic E-state index is 0.0249. The predicted molar refractivity (Wildman–Crippen MR) is 64.2 cm³/mol. The van der Waals surface area contributed by atoms with Gasteiger partial charge >= 0.3 is 0 Å². The summed E-state index contributed by atoms with van der Waals surface area (Å²) in [5.74, 6) is -0.701. The number of amides is 3. The minimum atomic E-state index is -0.322. The van der Waals surface area contributed by atoms with Crippen molar-refractivity contribution < 1.29 is 14.4 Å². The normalized spacial score (nSPS) is 27.1. The van der Waals surface area contributed by atoms with Crippen LogP contribution in [-0.4, -0.2) is 41.8 Å². The molecule has 1 aliphatic heterocycles. The van der Waals surface area contributed by atoms with Gasteiger partial charge in [-0.1, -0.05) is 0 Å². The van der Waals surface area contributed by atoms with Crippen LogP contribution in [-0.2, 0) is 14.4 Å². The van der Waals surface area contributed by atoms with Crippen molar-refractivity contribution in [1.29, 1.82) is 0 Å². The molecular weight excluding hydrogens is 234 g/mol. The van der Waals surface area contributed by atoms with E-state index in [0.29, 0.717) is 6.54 Å². The first-order valence-electron chi connectivity index (χ1n) is 6.15. The fourth-order valence-corrected chi connectivity index (χ4v) is 2.34. The smallest absolute Gasteiger partial charge is 0.253 e. The monoisotopic (exact) mass is 251 g/mol. The number of carbonyl (C=O) groups is 3. The van der Waals surface area contributed by atoms with Crippen LogP contribution in [0.25, 0.3) is 0 Å². The maximum absolute atomic E-state index is 11.8. The molecule has 18 heavy (non-hydrogen) atoms. The molecule has 6 heteroatoms. The summed E-state index contributed by atoms with van der Waals surface area (Å²) in [5, 5.41) is 2.74. The van der Waals surface area contributed by atoms with Gasteiger partial charge in [-0.05, 0) is 19.3 Å². The molecule has 0 spiro atoms. The fourth-order valence-electron chi connectivity index (χ4n) is 2.34. The highest BCUT2D eigenvalue weighted by Gasteiger charge is 2.28. The Balaban J connectivity index is 1.71. The standard InChI is InChI=1S/C12H17N3O3/c13-9-2-1-8(7-9)12(18)14-5-6-15-10(16)3-4-11(15)17/h3-4,8-9H,1-2,5-7,13H2,(H,14,18)/t8-,9-/m1/s1. The molecule has 3 amide bonds. The van der Waals surface area contributed by atoms with Crippen LogP contribution in [0.4, 0.5) is 0 Å². The maximum Gasteiger partial charge on any atom is 0.253 e. The molecule has 0 bridgehead atoms. The third kappa shape index (κ3) is 2.76. The highest BCUT2D eigenvalue weighted by Crippen LogP contribution is 2.23. The Kier molecular flexibility index (Phi) is 3.76. The van der Waals surface area contributed by atoms with E-state index in [4.69, 9.17) is 5.73 Å². The number of rotatable bonds is 4.